The summed E-state index contributed by atoms with van der Waals surface area (Å²) in [5.74, 6) is 1.80. The first-order chi connectivity index (χ1) is 13.5. The maximum Gasteiger partial charge on any atom is 0.141 e. The van der Waals surface area contributed by atoms with Gasteiger partial charge in [-0.05, 0) is 40.8 Å². The number of methoxy groups -OCH3 is 1. The van der Waals surface area contributed by atoms with Gasteiger partial charge in [0.15, 0.2) is 0 Å². The average molecular weight is 370 g/mol. The largest absolute Gasteiger partial charge is 0.497 e. The molecule has 4 rings (SSSR count). The molecule has 3 heteroatoms. The summed E-state index contributed by atoms with van der Waals surface area (Å²) >= 11 is 0. The molecule has 0 fully saturated rings. The van der Waals surface area contributed by atoms with Crippen molar-refractivity contribution < 1.29 is 4.74 Å². The van der Waals surface area contributed by atoms with Crippen LogP contribution < -0.4 is 4.74 Å². The molecule has 0 aliphatic carbocycles. The molecule has 142 valence electrons. The van der Waals surface area contributed by atoms with E-state index in [1.165, 1.54) is 11.1 Å². The van der Waals surface area contributed by atoms with Gasteiger partial charge in [0.2, 0.25) is 0 Å². The van der Waals surface area contributed by atoms with Crippen molar-refractivity contribution in [1.82, 2.24) is 9.55 Å². The van der Waals surface area contributed by atoms with Gasteiger partial charge in [0, 0.05) is 12.1 Å². The SMILES string of the molecule is COc1cccc(-c2nc3ccccc3n2Cc2ccc(C(C)(C)C)cc2)c1. The number of hydrogen-bond acceptors (Lipinski definition) is 2. The molecule has 0 amide bonds. The summed E-state index contributed by atoms with van der Waals surface area (Å²) in [6.45, 7) is 7.50. The van der Waals surface area contributed by atoms with E-state index in [1.54, 1.807) is 7.11 Å². The molecule has 0 aliphatic heterocycles. The minimum Gasteiger partial charge on any atom is -0.497 e. The normalized spacial score (nSPS) is 11.7. The van der Waals surface area contributed by atoms with Crippen LogP contribution in [-0.4, -0.2) is 16.7 Å². The number of aromatic nitrogens is 2. The molecule has 28 heavy (non-hydrogen) atoms. The fourth-order valence-corrected chi connectivity index (χ4v) is 3.51. The van der Waals surface area contributed by atoms with E-state index in [2.05, 4.69) is 73.9 Å². The van der Waals surface area contributed by atoms with Gasteiger partial charge in [-0.2, -0.15) is 0 Å². The Balaban J connectivity index is 1.79. The van der Waals surface area contributed by atoms with Gasteiger partial charge in [0.25, 0.3) is 0 Å². The number of nitrogens with zero attached hydrogens (tertiary/aromatic N) is 2. The first-order valence-electron chi connectivity index (χ1n) is 9.65. The summed E-state index contributed by atoms with van der Waals surface area (Å²) < 4.78 is 7.70. The Labute approximate surface area is 166 Å². The number of imidazole rings is 1. The van der Waals surface area contributed by atoms with Crippen molar-refractivity contribution in [2.24, 2.45) is 0 Å². The number of benzene rings is 3. The van der Waals surface area contributed by atoms with Gasteiger partial charge < -0.3 is 9.30 Å². The lowest BCUT2D eigenvalue weighted by Crippen LogP contribution is -2.11. The Morgan fingerprint density at radius 1 is 0.893 bits per heavy atom. The van der Waals surface area contributed by atoms with Crippen molar-refractivity contribution in [3.05, 3.63) is 83.9 Å². The van der Waals surface area contributed by atoms with Crippen molar-refractivity contribution in [3.8, 4) is 17.1 Å². The van der Waals surface area contributed by atoms with E-state index in [9.17, 15) is 0 Å². The summed E-state index contributed by atoms with van der Waals surface area (Å²) in [7, 11) is 1.69. The molecule has 0 bridgehead atoms. The van der Waals surface area contributed by atoms with E-state index < -0.39 is 0 Å². The molecule has 4 aromatic rings. The van der Waals surface area contributed by atoms with Crippen molar-refractivity contribution >= 4 is 11.0 Å². The van der Waals surface area contributed by atoms with Crippen LogP contribution in [0.4, 0.5) is 0 Å². The van der Waals surface area contributed by atoms with Gasteiger partial charge in [-0.25, -0.2) is 4.98 Å². The monoisotopic (exact) mass is 370 g/mol. The van der Waals surface area contributed by atoms with E-state index in [4.69, 9.17) is 9.72 Å². The molecule has 0 atom stereocenters. The lowest BCUT2D eigenvalue weighted by molar-refractivity contribution is 0.415. The van der Waals surface area contributed by atoms with Crippen LogP contribution in [0.25, 0.3) is 22.4 Å². The van der Waals surface area contributed by atoms with Gasteiger partial charge in [-0.3, -0.25) is 0 Å². The van der Waals surface area contributed by atoms with Gasteiger partial charge in [-0.1, -0.05) is 69.3 Å². The van der Waals surface area contributed by atoms with Crippen LogP contribution in [0.15, 0.2) is 72.8 Å². The molecule has 0 aliphatic rings. The number of ether oxygens (including phenoxy) is 1. The molecule has 0 saturated heterocycles. The van der Waals surface area contributed by atoms with Gasteiger partial charge in [-0.15, -0.1) is 0 Å². The number of hydrogen-bond donors (Lipinski definition) is 0. The third kappa shape index (κ3) is 3.53. The summed E-state index contributed by atoms with van der Waals surface area (Å²) in [5, 5.41) is 0. The second kappa shape index (κ2) is 7.16. The highest BCUT2D eigenvalue weighted by Gasteiger charge is 2.15. The van der Waals surface area contributed by atoms with Gasteiger partial charge in [0.1, 0.15) is 11.6 Å². The molecule has 0 spiro atoms. The molecular weight excluding hydrogens is 344 g/mol. The number of fused-ring (bicyclic) bond motifs is 1. The molecule has 3 nitrogen and oxygen atoms in total. The summed E-state index contributed by atoms with van der Waals surface area (Å²) in [4.78, 5) is 4.92. The lowest BCUT2D eigenvalue weighted by atomic mass is 9.87. The smallest absolute Gasteiger partial charge is 0.141 e. The topological polar surface area (TPSA) is 27.1 Å². The highest BCUT2D eigenvalue weighted by molar-refractivity contribution is 5.81. The van der Waals surface area contributed by atoms with Crippen LogP contribution in [0.2, 0.25) is 0 Å². The Bertz CT molecular complexity index is 1100. The quantitative estimate of drug-likeness (QED) is 0.437. The zero-order valence-corrected chi connectivity index (χ0v) is 16.9. The lowest BCUT2D eigenvalue weighted by Gasteiger charge is -2.19. The van der Waals surface area contributed by atoms with Gasteiger partial charge >= 0.3 is 0 Å². The Kier molecular flexibility index (Phi) is 4.68. The van der Waals surface area contributed by atoms with Crippen LogP contribution in [0.5, 0.6) is 5.75 Å². The van der Waals surface area contributed by atoms with E-state index in [-0.39, 0.29) is 5.41 Å². The standard InChI is InChI=1S/C25H26N2O/c1-25(2,3)20-14-12-18(13-15-20)17-27-23-11-6-5-10-22(23)26-24(27)19-8-7-9-21(16-19)28-4/h5-16H,17H2,1-4H3. The molecule has 0 N–H and O–H groups in total. The van der Waals surface area contributed by atoms with E-state index in [1.807, 2.05) is 24.3 Å². The summed E-state index contributed by atoms with van der Waals surface area (Å²) in [6, 6.07) is 25.3. The van der Waals surface area contributed by atoms with Crippen LogP contribution in [0, 0.1) is 0 Å². The third-order valence-electron chi connectivity index (χ3n) is 5.14. The van der Waals surface area contributed by atoms with Crippen LogP contribution in [0.3, 0.4) is 0 Å². The number of rotatable bonds is 4. The van der Waals surface area contributed by atoms with Crippen LogP contribution >= 0.6 is 0 Å². The predicted octanol–water partition coefficient (Wildman–Crippen LogP) is 6.06. The molecule has 1 heterocycles. The Morgan fingerprint density at radius 2 is 1.64 bits per heavy atom. The predicted molar refractivity (Wildman–Crippen MR) is 116 cm³/mol. The maximum absolute atomic E-state index is 5.42. The zero-order chi connectivity index (χ0) is 19.7. The minimum absolute atomic E-state index is 0.159. The fourth-order valence-electron chi connectivity index (χ4n) is 3.51. The van der Waals surface area contributed by atoms with Crippen LogP contribution in [0.1, 0.15) is 31.9 Å². The fraction of sp³-hybridized carbons (Fsp3) is 0.240. The van der Waals surface area contributed by atoms with E-state index >= 15 is 0 Å². The third-order valence-corrected chi connectivity index (χ3v) is 5.14. The zero-order valence-electron chi connectivity index (χ0n) is 16.9. The van der Waals surface area contributed by atoms with Crippen LogP contribution in [-0.2, 0) is 12.0 Å². The summed E-state index contributed by atoms with van der Waals surface area (Å²) in [6.07, 6.45) is 0. The van der Waals surface area contributed by atoms with E-state index in [0.717, 1.165) is 34.7 Å². The van der Waals surface area contributed by atoms with E-state index in [0.29, 0.717) is 0 Å². The highest BCUT2D eigenvalue weighted by Crippen LogP contribution is 2.29. The minimum atomic E-state index is 0.159. The van der Waals surface area contributed by atoms with Crippen molar-refractivity contribution in [2.75, 3.05) is 7.11 Å². The maximum atomic E-state index is 5.42. The molecule has 1 aromatic heterocycles. The molecule has 0 unspecified atom stereocenters. The molecule has 3 aromatic carbocycles. The second-order valence-corrected chi connectivity index (χ2v) is 8.19. The summed E-state index contributed by atoms with van der Waals surface area (Å²) in [5.41, 5.74) is 5.97. The number of para-hydroxylation sites is 2. The molecular formula is C25H26N2O. The highest BCUT2D eigenvalue weighted by atomic mass is 16.5. The van der Waals surface area contributed by atoms with Crippen molar-refractivity contribution in [2.45, 2.75) is 32.7 Å². The Morgan fingerprint density at radius 3 is 2.36 bits per heavy atom. The second-order valence-electron chi connectivity index (χ2n) is 8.19. The first kappa shape index (κ1) is 18.3. The average Bonchev–Trinajstić information content (AvgIpc) is 3.06. The first-order valence-corrected chi connectivity index (χ1v) is 9.65. The van der Waals surface area contributed by atoms with Gasteiger partial charge in [0.05, 0.1) is 18.1 Å². The van der Waals surface area contributed by atoms with Crippen molar-refractivity contribution in [1.29, 1.82) is 0 Å². The Hall–Kier alpha value is -3.07. The van der Waals surface area contributed by atoms with Crippen molar-refractivity contribution in [3.63, 3.8) is 0 Å². The molecule has 0 radical (unpaired) electrons. The molecule has 0 saturated carbocycles.